The van der Waals surface area contributed by atoms with Gasteiger partial charge in [0.2, 0.25) is 10.0 Å². The predicted molar refractivity (Wildman–Crippen MR) is 63.5 cm³/mol. The Bertz CT molecular complexity index is 498. The highest BCUT2D eigenvalue weighted by atomic mass is 32.2. The van der Waals surface area contributed by atoms with Crippen molar-refractivity contribution in [1.29, 1.82) is 0 Å². The molecule has 0 bridgehead atoms. The van der Waals surface area contributed by atoms with Crippen molar-refractivity contribution in [2.24, 2.45) is 5.92 Å². The summed E-state index contributed by atoms with van der Waals surface area (Å²) in [6, 6.07) is 5.09. The normalized spacial score (nSPS) is 25.6. The smallest absolute Gasteiger partial charge is 0.207 e. The van der Waals surface area contributed by atoms with Gasteiger partial charge in [-0.1, -0.05) is 20.3 Å². The number of benzene rings is 1. The Morgan fingerprint density at radius 2 is 2.00 bits per heavy atom. The van der Waals surface area contributed by atoms with E-state index in [1.165, 1.54) is 28.6 Å². The second kappa shape index (κ2) is 4.38. The largest absolute Gasteiger partial charge is 0.243 e. The van der Waals surface area contributed by atoms with Crippen LogP contribution in [0.4, 0.5) is 4.39 Å². The molecule has 3 nitrogen and oxygen atoms in total. The SMILES string of the molecule is CCC(C)[C@H]1CN1S(=O)(=O)c1ccc(F)cc1. The lowest BCUT2D eigenvalue weighted by Crippen LogP contribution is -2.17. The summed E-state index contributed by atoms with van der Waals surface area (Å²) in [7, 11) is -3.42. The molecule has 1 aromatic carbocycles. The summed E-state index contributed by atoms with van der Waals surface area (Å²) >= 11 is 0. The zero-order valence-electron chi connectivity index (χ0n) is 9.93. The highest BCUT2D eigenvalue weighted by molar-refractivity contribution is 7.89. The van der Waals surface area contributed by atoms with E-state index in [2.05, 4.69) is 0 Å². The number of rotatable bonds is 4. The van der Waals surface area contributed by atoms with Crippen LogP contribution in [-0.2, 0) is 10.0 Å². The molecule has 1 fully saturated rings. The summed E-state index contributed by atoms with van der Waals surface area (Å²) in [6.45, 7) is 4.67. The molecule has 0 amide bonds. The first-order chi connectivity index (χ1) is 7.96. The van der Waals surface area contributed by atoms with Gasteiger partial charge in [0.25, 0.3) is 0 Å². The first kappa shape index (κ1) is 12.5. The Balaban J connectivity index is 2.19. The molecule has 0 radical (unpaired) electrons. The van der Waals surface area contributed by atoms with E-state index >= 15 is 0 Å². The third-order valence-corrected chi connectivity index (χ3v) is 5.23. The summed E-state index contributed by atoms with van der Waals surface area (Å²) in [5.74, 6) is -0.0570. The van der Waals surface area contributed by atoms with E-state index in [0.29, 0.717) is 12.5 Å². The van der Waals surface area contributed by atoms with Gasteiger partial charge in [-0.05, 0) is 30.2 Å². The molecular formula is C12H16FNO2S. The van der Waals surface area contributed by atoms with Crippen molar-refractivity contribution in [2.75, 3.05) is 6.54 Å². The highest BCUT2D eigenvalue weighted by Gasteiger charge is 2.46. The number of sulfonamides is 1. The topological polar surface area (TPSA) is 37.1 Å². The van der Waals surface area contributed by atoms with Crippen molar-refractivity contribution in [3.63, 3.8) is 0 Å². The van der Waals surface area contributed by atoms with Gasteiger partial charge in [-0.3, -0.25) is 0 Å². The van der Waals surface area contributed by atoms with Gasteiger partial charge in [0, 0.05) is 12.6 Å². The molecular weight excluding hydrogens is 241 g/mol. The average molecular weight is 257 g/mol. The van der Waals surface area contributed by atoms with Gasteiger partial charge in [-0.2, -0.15) is 4.31 Å². The maximum atomic E-state index is 12.7. The van der Waals surface area contributed by atoms with Gasteiger partial charge in [0.1, 0.15) is 5.82 Å². The van der Waals surface area contributed by atoms with E-state index < -0.39 is 15.8 Å². The van der Waals surface area contributed by atoms with Crippen molar-refractivity contribution in [2.45, 2.75) is 31.2 Å². The summed E-state index contributed by atoms with van der Waals surface area (Å²) < 4.78 is 38.5. The predicted octanol–water partition coefficient (Wildman–Crippen LogP) is 2.24. The van der Waals surface area contributed by atoms with Crippen LogP contribution < -0.4 is 0 Å². The summed E-state index contributed by atoms with van der Waals surface area (Å²) in [5.41, 5.74) is 0. The molecule has 17 heavy (non-hydrogen) atoms. The molecule has 1 saturated heterocycles. The molecule has 0 spiro atoms. The molecule has 1 aliphatic heterocycles. The standard InChI is InChI=1S/C12H16FNO2S/c1-3-9(2)12-8-14(12)17(15,16)11-6-4-10(13)5-7-11/h4-7,9,12H,3,8H2,1-2H3/t9?,12-,14?/m1/s1. The fraction of sp³-hybridized carbons (Fsp3) is 0.500. The van der Waals surface area contributed by atoms with Crippen LogP contribution in [0.5, 0.6) is 0 Å². The molecule has 1 aromatic rings. The molecule has 0 aliphatic carbocycles. The van der Waals surface area contributed by atoms with Crippen molar-refractivity contribution in [1.82, 2.24) is 4.31 Å². The van der Waals surface area contributed by atoms with Gasteiger partial charge in [-0.25, -0.2) is 12.8 Å². The van der Waals surface area contributed by atoms with Crippen LogP contribution in [0.15, 0.2) is 29.2 Å². The number of halogens is 1. The molecule has 1 heterocycles. The third kappa shape index (κ3) is 2.35. The zero-order valence-corrected chi connectivity index (χ0v) is 10.7. The van der Waals surface area contributed by atoms with Crippen LogP contribution in [0, 0.1) is 11.7 Å². The van der Waals surface area contributed by atoms with E-state index in [-0.39, 0.29) is 10.9 Å². The minimum Gasteiger partial charge on any atom is -0.207 e. The first-order valence-corrected chi connectivity index (χ1v) is 7.18. The van der Waals surface area contributed by atoms with E-state index in [0.717, 1.165) is 6.42 Å². The second-order valence-electron chi connectivity index (χ2n) is 4.48. The van der Waals surface area contributed by atoms with Gasteiger partial charge in [-0.15, -0.1) is 0 Å². The minimum atomic E-state index is -3.42. The number of hydrogen-bond donors (Lipinski definition) is 0. The van der Waals surface area contributed by atoms with Crippen molar-refractivity contribution in [3.8, 4) is 0 Å². The lowest BCUT2D eigenvalue weighted by atomic mass is 10.1. The summed E-state index contributed by atoms with van der Waals surface area (Å²) in [4.78, 5) is 0.171. The Hall–Kier alpha value is -0.940. The molecule has 94 valence electrons. The van der Waals surface area contributed by atoms with E-state index in [1.54, 1.807) is 0 Å². The molecule has 5 heteroatoms. The monoisotopic (exact) mass is 257 g/mol. The van der Waals surface area contributed by atoms with Gasteiger partial charge >= 0.3 is 0 Å². The maximum absolute atomic E-state index is 12.7. The van der Waals surface area contributed by atoms with Crippen LogP contribution in [0.25, 0.3) is 0 Å². The van der Waals surface area contributed by atoms with Crippen molar-refractivity contribution < 1.29 is 12.8 Å². The summed E-state index contributed by atoms with van der Waals surface area (Å²) in [6.07, 6.45) is 0.958. The van der Waals surface area contributed by atoms with Gasteiger partial charge in [0.05, 0.1) is 4.90 Å². The lowest BCUT2D eigenvalue weighted by Gasteiger charge is -2.09. The minimum absolute atomic E-state index is 0.107. The maximum Gasteiger partial charge on any atom is 0.243 e. The van der Waals surface area contributed by atoms with Gasteiger partial charge in [0.15, 0.2) is 0 Å². The summed E-state index contributed by atoms with van der Waals surface area (Å²) in [5, 5.41) is 0. The molecule has 2 unspecified atom stereocenters. The Kier molecular flexibility index (Phi) is 3.23. The Labute approximate surface area is 101 Å². The fourth-order valence-electron chi connectivity index (χ4n) is 1.89. The molecule has 0 N–H and O–H groups in total. The van der Waals surface area contributed by atoms with E-state index in [1.807, 2.05) is 13.8 Å². The molecule has 2 rings (SSSR count). The Morgan fingerprint density at radius 1 is 1.41 bits per heavy atom. The zero-order chi connectivity index (χ0) is 12.6. The number of nitrogens with zero attached hydrogens (tertiary/aromatic N) is 1. The van der Waals surface area contributed by atoms with Crippen LogP contribution in [0.1, 0.15) is 20.3 Å². The highest BCUT2D eigenvalue weighted by Crippen LogP contribution is 2.34. The van der Waals surface area contributed by atoms with E-state index in [4.69, 9.17) is 0 Å². The quantitative estimate of drug-likeness (QED) is 0.776. The number of hydrogen-bond acceptors (Lipinski definition) is 2. The van der Waals surface area contributed by atoms with Gasteiger partial charge < -0.3 is 0 Å². The fourth-order valence-corrected chi connectivity index (χ4v) is 3.56. The van der Waals surface area contributed by atoms with E-state index in [9.17, 15) is 12.8 Å². The van der Waals surface area contributed by atoms with Crippen molar-refractivity contribution in [3.05, 3.63) is 30.1 Å². The van der Waals surface area contributed by atoms with Crippen LogP contribution in [0.3, 0.4) is 0 Å². The third-order valence-electron chi connectivity index (χ3n) is 3.32. The molecule has 0 aromatic heterocycles. The van der Waals surface area contributed by atoms with Crippen LogP contribution in [-0.4, -0.2) is 25.3 Å². The second-order valence-corrected chi connectivity index (χ2v) is 6.37. The van der Waals surface area contributed by atoms with Crippen LogP contribution >= 0.6 is 0 Å². The Morgan fingerprint density at radius 3 is 2.53 bits per heavy atom. The molecule has 0 saturated carbocycles. The average Bonchev–Trinajstić information content (AvgIpc) is 3.09. The first-order valence-electron chi connectivity index (χ1n) is 5.74. The molecule has 1 aliphatic rings. The molecule has 3 atom stereocenters. The van der Waals surface area contributed by atoms with Crippen molar-refractivity contribution >= 4 is 10.0 Å². The van der Waals surface area contributed by atoms with Crippen LogP contribution in [0.2, 0.25) is 0 Å². The lowest BCUT2D eigenvalue weighted by molar-refractivity contribution is 0.485.